The van der Waals surface area contributed by atoms with Crippen molar-refractivity contribution in [3.63, 3.8) is 0 Å². The Morgan fingerprint density at radius 1 is 1.29 bits per heavy atom. The van der Waals surface area contributed by atoms with E-state index in [0.717, 1.165) is 23.8 Å². The minimum Gasteiger partial charge on any atom is -0.298 e. The monoisotopic (exact) mass is 188 g/mol. The smallest absolute Gasteiger partial charge is 0.146 e. The van der Waals surface area contributed by atoms with E-state index in [1.54, 1.807) is 0 Å². The molecule has 0 saturated heterocycles. The molecule has 0 atom stereocenters. The standard InChI is InChI=1S/C13H16O/c1-11(2)8-13(10-14)9-12-6-4-3-5-7-12/h3-7,9-11H,8H2,1-2H3. The molecule has 0 amide bonds. The highest BCUT2D eigenvalue weighted by molar-refractivity contribution is 5.81. The fraction of sp³-hybridized carbons (Fsp3) is 0.308. The Hall–Kier alpha value is -1.37. The lowest BCUT2D eigenvalue weighted by Crippen LogP contribution is -1.92. The molecule has 1 nitrogen and oxygen atoms in total. The van der Waals surface area contributed by atoms with Crippen molar-refractivity contribution in [3.05, 3.63) is 41.5 Å². The third-order valence-corrected chi connectivity index (χ3v) is 1.95. The summed E-state index contributed by atoms with van der Waals surface area (Å²) in [5, 5.41) is 0. The second-order valence-electron chi connectivity index (χ2n) is 3.85. The van der Waals surface area contributed by atoms with E-state index in [0.29, 0.717) is 5.92 Å². The lowest BCUT2D eigenvalue weighted by Gasteiger charge is -2.03. The summed E-state index contributed by atoms with van der Waals surface area (Å²) in [6.07, 6.45) is 3.75. The van der Waals surface area contributed by atoms with Crippen LogP contribution in [-0.2, 0) is 4.79 Å². The van der Waals surface area contributed by atoms with Crippen LogP contribution in [0.3, 0.4) is 0 Å². The number of carbonyl (C=O) groups is 1. The van der Waals surface area contributed by atoms with Gasteiger partial charge in [0.25, 0.3) is 0 Å². The van der Waals surface area contributed by atoms with Crippen molar-refractivity contribution in [2.75, 3.05) is 0 Å². The van der Waals surface area contributed by atoms with Crippen molar-refractivity contribution in [2.45, 2.75) is 20.3 Å². The first kappa shape index (κ1) is 10.7. The molecule has 0 radical (unpaired) electrons. The second-order valence-corrected chi connectivity index (χ2v) is 3.85. The van der Waals surface area contributed by atoms with Crippen LogP contribution in [0.4, 0.5) is 0 Å². The molecule has 1 heteroatoms. The van der Waals surface area contributed by atoms with Gasteiger partial charge in [0.1, 0.15) is 6.29 Å². The quantitative estimate of drug-likeness (QED) is 0.523. The Balaban J connectivity index is 2.79. The molecule has 74 valence electrons. The predicted octanol–water partition coefficient (Wildman–Crippen LogP) is 3.32. The van der Waals surface area contributed by atoms with Crippen molar-refractivity contribution in [1.29, 1.82) is 0 Å². The average Bonchev–Trinajstić information content (AvgIpc) is 2.17. The second kappa shape index (κ2) is 5.38. The zero-order valence-electron chi connectivity index (χ0n) is 8.73. The first-order valence-corrected chi connectivity index (χ1v) is 4.93. The molecule has 0 bridgehead atoms. The highest BCUT2D eigenvalue weighted by atomic mass is 16.1. The van der Waals surface area contributed by atoms with Crippen molar-refractivity contribution in [3.8, 4) is 0 Å². The largest absolute Gasteiger partial charge is 0.298 e. The number of rotatable bonds is 4. The molecular weight excluding hydrogens is 172 g/mol. The number of benzene rings is 1. The maximum Gasteiger partial charge on any atom is 0.146 e. The SMILES string of the molecule is CC(C)CC(C=O)=Cc1ccccc1. The molecule has 1 rings (SSSR count). The van der Waals surface area contributed by atoms with E-state index in [-0.39, 0.29) is 0 Å². The summed E-state index contributed by atoms with van der Waals surface area (Å²) in [6.45, 7) is 4.23. The number of aldehydes is 1. The van der Waals surface area contributed by atoms with Crippen molar-refractivity contribution in [2.24, 2.45) is 5.92 Å². The van der Waals surface area contributed by atoms with Gasteiger partial charge in [0.2, 0.25) is 0 Å². The summed E-state index contributed by atoms with van der Waals surface area (Å²) in [7, 11) is 0. The minimum absolute atomic E-state index is 0.523. The Bertz CT molecular complexity index is 309. The first-order chi connectivity index (χ1) is 6.72. The Morgan fingerprint density at radius 2 is 1.93 bits per heavy atom. The third-order valence-electron chi connectivity index (χ3n) is 1.95. The fourth-order valence-corrected chi connectivity index (χ4v) is 1.38. The molecule has 0 unspecified atom stereocenters. The van der Waals surface area contributed by atoms with Gasteiger partial charge in [0.05, 0.1) is 0 Å². The highest BCUT2D eigenvalue weighted by Gasteiger charge is 1.99. The van der Waals surface area contributed by atoms with Gasteiger partial charge in [-0.15, -0.1) is 0 Å². The fourth-order valence-electron chi connectivity index (χ4n) is 1.38. The lowest BCUT2D eigenvalue weighted by atomic mass is 10.0. The van der Waals surface area contributed by atoms with Gasteiger partial charge in [-0.25, -0.2) is 0 Å². The number of hydrogen-bond donors (Lipinski definition) is 0. The van der Waals surface area contributed by atoms with Gasteiger partial charge in [0.15, 0.2) is 0 Å². The van der Waals surface area contributed by atoms with Crippen molar-refractivity contribution >= 4 is 12.4 Å². The van der Waals surface area contributed by atoms with Gasteiger partial charge < -0.3 is 0 Å². The summed E-state index contributed by atoms with van der Waals surface area (Å²) in [5.74, 6) is 0.523. The first-order valence-electron chi connectivity index (χ1n) is 4.93. The molecule has 14 heavy (non-hydrogen) atoms. The van der Waals surface area contributed by atoms with Gasteiger partial charge in [0, 0.05) is 0 Å². The van der Waals surface area contributed by atoms with Crippen LogP contribution in [-0.4, -0.2) is 6.29 Å². The Labute approximate surface area is 85.5 Å². The minimum atomic E-state index is 0.523. The molecule has 0 N–H and O–H groups in total. The molecule has 0 fully saturated rings. The summed E-state index contributed by atoms with van der Waals surface area (Å²) < 4.78 is 0. The zero-order valence-corrected chi connectivity index (χ0v) is 8.73. The molecule has 1 aromatic carbocycles. The Kier molecular flexibility index (Phi) is 4.11. The van der Waals surface area contributed by atoms with E-state index in [1.165, 1.54) is 0 Å². The zero-order chi connectivity index (χ0) is 10.4. The van der Waals surface area contributed by atoms with Gasteiger partial charge in [-0.1, -0.05) is 44.2 Å². The van der Waals surface area contributed by atoms with Gasteiger partial charge in [-0.2, -0.15) is 0 Å². The van der Waals surface area contributed by atoms with Gasteiger partial charge >= 0.3 is 0 Å². The average molecular weight is 188 g/mol. The number of hydrogen-bond acceptors (Lipinski definition) is 1. The van der Waals surface area contributed by atoms with E-state index in [4.69, 9.17) is 0 Å². The normalized spacial score (nSPS) is 11.8. The van der Waals surface area contributed by atoms with E-state index in [9.17, 15) is 4.79 Å². The van der Waals surface area contributed by atoms with Crippen LogP contribution in [0.15, 0.2) is 35.9 Å². The molecule has 0 aliphatic rings. The molecular formula is C13H16O. The van der Waals surface area contributed by atoms with Crippen LogP contribution >= 0.6 is 0 Å². The van der Waals surface area contributed by atoms with Gasteiger partial charge in [-0.3, -0.25) is 4.79 Å². The van der Waals surface area contributed by atoms with Crippen LogP contribution in [0.5, 0.6) is 0 Å². The highest BCUT2D eigenvalue weighted by Crippen LogP contribution is 2.12. The summed E-state index contributed by atoms with van der Waals surface area (Å²) in [4.78, 5) is 10.8. The van der Waals surface area contributed by atoms with Crippen molar-refractivity contribution < 1.29 is 4.79 Å². The van der Waals surface area contributed by atoms with Gasteiger partial charge in [-0.05, 0) is 29.6 Å². The summed E-state index contributed by atoms with van der Waals surface area (Å²) >= 11 is 0. The van der Waals surface area contributed by atoms with Crippen LogP contribution in [0, 0.1) is 5.92 Å². The molecule has 0 aromatic heterocycles. The van der Waals surface area contributed by atoms with E-state index < -0.39 is 0 Å². The summed E-state index contributed by atoms with van der Waals surface area (Å²) in [6, 6.07) is 9.93. The third kappa shape index (κ3) is 3.56. The number of carbonyl (C=O) groups excluding carboxylic acids is 1. The molecule has 0 saturated carbocycles. The predicted molar refractivity (Wildman–Crippen MR) is 59.9 cm³/mol. The maximum atomic E-state index is 10.8. The lowest BCUT2D eigenvalue weighted by molar-refractivity contribution is -0.105. The Morgan fingerprint density at radius 3 is 2.43 bits per heavy atom. The molecule has 1 aromatic rings. The maximum absolute atomic E-state index is 10.8. The molecule has 0 heterocycles. The van der Waals surface area contributed by atoms with E-state index in [2.05, 4.69) is 13.8 Å². The van der Waals surface area contributed by atoms with E-state index >= 15 is 0 Å². The van der Waals surface area contributed by atoms with Crippen LogP contribution in [0.2, 0.25) is 0 Å². The topological polar surface area (TPSA) is 17.1 Å². The van der Waals surface area contributed by atoms with Crippen LogP contribution in [0.25, 0.3) is 6.08 Å². The van der Waals surface area contributed by atoms with E-state index in [1.807, 2.05) is 36.4 Å². The molecule has 0 aliphatic carbocycles. The van der Waals surface area contributed by atoms with Crippen LogP contribution < -0.4 is 0 Å². The number of allylic oxidation sites excluding steroid dienone is 1. The van der Waals surface area contributed by atoms with Crippen LogP contribution in [0.1, 0.15) is 25.8 Å². The summed E-state index contributed by atoms with van der Waals surface area (Å²) in [5.41, 5.74) is 1.96. The molecule has 0 aliphatic heterocycles. The molecule has 0 spiro atoms. The van der Waals surface area contributed by atoms with Crippen molar-refractivity contribution in [1.82, 2.24) is 0 Å².